The predicted molar refractivity (Wildman–Crippen MR) is 395 cm³/mol. The van der Waals surface area contributed by atoms with Crippen molar-refractivity contribution in [2.75, 3.05) is 0 Å². The van der Waals surface area contributed by atoms with E-state index >= 15 is 0 Å². The zero-order valence-electron chi connectivity index (χ0n) is 59.9. The molecule has 1 aliphatic heterocycles. The van der Waals surface area contributed by atoms with Crippen LogP contribution in [0.1, 0.15) is 417 Å². The number of nitrogens with zero attached hydrogens (tertiary/aromatic N) is 2. The molecule has 0 aromatic heterocycles. The molecule has 2 aromatic rings. The Morgan fingerprint density at radius 2 is 0.557 bits per heavy atom. The van der Waals surface area contributed by atoms with Gasteiger partial charge in [-0.2, -0.15) is 12.8 Å². The first kappa shape index (κ1) is 85.5. The fourth-order valence-corrected chi connectivity index (χ4v) is 12.7. The van der Waals surface area contributed by atoms with Gasteiger partial charge in [-0.25, -0.2) is 4.70 Å². The van der Waals surface area contributed by atoms with Crippen molar-refractivity contribution in [1.29, 1.82) is 0 Å². The summed E-state index contributed by atoms with van der Waals surface area (Å²) >= 11 is 0. The van der Waals surface area contributed by atoms with E-state index in [9.17, 15) is 5.53 Å². The summed E-state index contributed by atoms with van der Waals surface area (Å²) in [5.74, 6) is 0. The quantitative estimate of drug-likeness (QED) is 0.0207. The van der Waals surface area contributed by atoms with Gasteiger partial charge >= 0.3 is 16.5 Å². The summed E-state index contributed by atoms with van der Waals surface area (Å²) in [6.07, 6.45) is 86.5. The number of benzene rings is 2. The van der Waals surface area contributed by atoms with E-state index in [-0.39, 0.29) is 16.5 Å². The number of hydrogen-bond donors (Lipinski definition) is 0. The van der Waals surface area contributed by atoms with E-state index in [4.69, 9.17) is 0 Å². The summed E-state index contributed by atoms with van der Waals surface area (Å²) in [6, 6.07) is 17.7. The molecule has 508 valence electrons. The van der Waals surface area contributed by atoms with Crippen molar-refractivity contribution in [2.45, 2.75) is 408 Å². The maximum Gasteiger partial charge on any atom is 2.00 e. The average Bonchev–Trinajstić information content (AvgIpc) is 1.97. The summed E-state index contributed by atoms with van der Waals surface area (Å²) in [5.41, 5.74) is 21.9. The second-order valence-electron chi connectivity index (χ2n) is 26.7. The predicted octanol–water partition coefficient (Wildman–Crippen LogP) is 30.3. The SMILES string of the molecule is CCCCCCCCCCCCCCCCCCCC=CCCCc1ccccc1C1=C(C)C(CCCC)=C(c2ccccc2CCCC=CCCCCCCCCCCCCCCCCCCC)[N+]1=[N-].[CH2-]CCCCCCC.[CH2-]CCCCCCC.[Ni+2]. The van der Waals surface area contributed by atoms with E-state index in [1.807, 2.05) is 0 Å². The van der Waals surface area contributed by atoms with Crippen LogP contribution in [0.25, 0.3) is 16.9 Å². The van der Waals surface area contributed by atoms with Gasteiger partial charge in [0, 0.05) is 22.3 Å². The molecular weight excluding hydrogens is 1110 g/mol. The first-order chi connectivity index (χ1) is 43.0. The van der Waals surface area contributed by atoms with E-state index in [0.29, 0.717) is 0 Å². The van der Waals surface area contributed by atoms with Crippen LogP contribution in [-0.4, -0.2) is 4.70 Å². The third-order valence-corrected chi connectivity index (χ3v) is 18.5. The van der Waals surface area contributed by atoms with Crippen LogP contribution in [0.5, 0.6) is 0 Å². The number of rotatable bonds is 59. The van der Waals surface area contributed by atoms with Crippen LogP contribution in [0.15, 0.2) is 84.0 Å². The van der Waals surface area contributed by atoms with Gasteiger partial charge in [-0.3, -0.25) is 0 Å². The van der Waals surface area contributed by atoms with E-state index < -0.39 is 0 Å². The van der Waals surface area contributed by atoms with Crippen LogP contribution < -0.4 is 0 Å². The topological polar surface area (TPSA) is 25.3 Å². The fourth-order valence-electron chi connectivity index (χ4n) is 12.7. The molecule has 0 spiro atoms. The molecule has 88 heavy (non-hydrogen) atoms. The molecule has 0 aliphatic carbocycles. The van der Waals surface area contributed by atoms with Crippen LogP contribution in [-0.2, 0) is 29.3 Å². The number of hydrogen-bond acceptors (Lipinski definition) is 0. The standard InChI is InChI=1S/C69H114N2.2C8H17.Ni/c1-5-8-11-13-15-17-19-21-23-25-27-29-31-33-35-37-39-41-43-45-47-49-55-63-57-51-53-60-66(63)68-62(4)65(59-10-7-3)69(71(68)70)67-61-54-52-58-64(67)56-50-48-46-44-42-40-38-36-34-32-30-28-26-24-22-20-18-16-14-12-9-6-2;2*1-3-5-7-8-6-4-2;/h43-46,51-54,57-58,60-61H,5-42,47-50,55-56,59H2,1-4H3;2*1,3-8H2,2H3;/q;2*-1;+2. The molecule has 0 unspecified atom stereocenters. The van der Waals surface area contributed by atoms with Crippen molar-refractivity contribution < 1.29 is 21.2 Å². The van der Waals surface area contributed by atoms with Gasteiger partial charge in [0.05, 0.1) is 0 Å². The van der Waals surface area contributed by atoms with Crippen molar-refractivity contribution in [2.24, 2.45) is 0 Å². The van der Waals surface area contributed by atoms with Crippen LogP contribution in [0.2, 0.25) is 0 Å². The molecule has 0 saturated heterocycles. The normalized spacial score (nSPS) is 12.4. The van der Waals surface area contributed by atoms with Gasteiger partial charge in [-0.05, 0) is 107 Å². The molecule has 1 aliphatic rings. The molecule has 0 fully saturated rings. The summed E-state index contributed by atoms with van der Waals surface area (Å²) in [4.78, 5) is 0. The summed E-state index contributed by atoms with van der Waals surface area (Å²) < 4.78 is 1.58. The average molecular weight is 1260 g/mol. The second kappa shape index (κ2) is 67.4. The van der Waals surface area contributed by atoms with Crippen molar-refractivity contribution in [1.82, 2.24) is 0 Å². The summed E-state index contributed by atoms with van der Waals surface area (Å²) in [7, 11) is 0. The van der Waals surface area contributed by atoms with Crippen molar-refractivity contribution in [3.8, 4) is 0 Å². The minimum Gasteiger partial charge on any atom is -0.493 e. The molecule has 0 saturated carbocycles. The van der Waals surface area contributed by atoms with Gasteiger partial charge in [-0.15, -0.1) is 0 Å². The number of aryl methyl sites for hydroxylation is 2. The van der Waals surface area contributed by atoms with Gasteiger partial charge in [0.1, 0.15) is 0 Å². The zero-order chi connectivity index (χ0) is 63.0. The first-order valence-electron chi connectivity index (χ1n) is 38.9. The molecule has 2 aromatic carbocycles. The molecule has 0 radical (unpaired) electrons. The van der Waals surface area contributed by atoms with E-state index in [1.165, 1.54) is 329 Å². The largest absolute Gasteiger partial charge is 2.00 e. The van der Waals surface area contributed by atoms with Gasteiger partial charge < -0.3 is 19.4 Å². The smallest absolute Gasteiger partial charge is 0.493 e. The Kier molecular flexibility index (Phi) is 65.5. The number of unbranched alkanes of at least 4 members (excludes halogenated alkanes) is 47. The van der Waals surface area contributed by atoms with Gasteiger partial charge in [-0.1, -0.05) is 371 Å². The van der Waals surface area contributed by atoms with Gasteiger partial charge in [0.2, 0.25) is 11.4 Å². The van der Waals surface area contributed by atoms with Crippen LogP contribution >= 0.6 is 0 Å². The van der Waals surface area contributed by atoms with Crippen molar-refractivity contribution in [3.05, 3.63) is 126 Å². The van der Waals surface area contributed by atoms with E-state index in [1.54, 1.807) is 4.70 Å². The Hall–Kier alpha value is -2.51. The van der Waals surface area contributed by atoms with Crippen LogP contribution in [0.4, 0.5) is 0 Å². The van der Waals surface area contributed by atoms with E-state index in [2.05, 4.69) is 128 Å². The molecule has 0 atom stereocenters. The Labute approximate surface area is 562 Å². The first-order valence-corrected chi connectivity index (χ1v) is 38.9. The number of allylic oxidation sites excluding steroid dienone is 6. The minimum absolute atomic E-state index is 0. The summed E-state index contributed by atoms with van der Waals surface area (Å²) in [5, 5.41) is 0. The van der Waals surface area contributed by atoms with E-state index in [0.717, 1.165) is 82.0 Å². The Morgan fingerprint density at radius 1 is 0.307 bits per heavy atom. The summed E-state index contributed by atoms with van der Waals surface area (Å²) in [6.45, 7) is 21.2. The van der Waals surface area contributed by atoms with Crippen molar-refractivity contribution in [3.63, 3.8) is 0 Å². The molecule has 3 rings (SSSR count). The maximum atomic E-state index is 12.2. The van der Waals surface area contributed by atoms with Gasteiger partial charge in [0.25, 0.3) is 0 Å². The van der Waals surface area contributed by atoms with Crippen LogP contribution in [0, 0.1) is 13.8 Å². The third kappa shape index (κ3) is 47.4. The molecule has 3 heteroatoms. The Morgan fingerprint density at radius 3 is 0.852 bits per heavy atom. The molecule has 2 nitrogen and oxygen atoms in total. The minimum atomic E-state index is 0. The molecule has 1 heterocycles. The van der Waals surface area contributed by atoms with Gasteiger partial charge in [0.15, 0.2) is 0 Å². The Balaban J connectivity index is 0.00000389. The molecule has 0 N–H and O–H groups in total. The Bertz CT molecular complexity index is 1910. The zero-order valence-corrected chi connectivity index (χ0v) is 60.8. The molecule has 0 amide bonds. The monoisotopic (exact) mass is 1260 g/mol. The fraction of sp³-hybridized carbons (Fsp3) is 0.741. The maximum absolute atomic E-state index is 12.2. The van der Waals surface area contributed by atoms with Crippen molar-refractivity contribution >= 4 is 11.4 Å². The third-order valence-electron chi connectivity index (χ3n) is 18.5. The molecule has 0 bridgehead atoms. The molecular formula is C85H148N2Ni. The second-order valence-corrected chi connectivity index (χ2v) is 26.7. The van der Waals surface area contributed by atoms with Crippen LogP contribution in [0.3, 0.4) is 0 Å².